The predicted octanol–water partition coefficient (Wildman–Crippen LogP) is 3.70. The molecular formula is C22H24N6O2. The zero-order chi connectivity index (χ0) is 21.5. The fraction of sp³-hybridized carbons (Fsp3) is 0.273. The summed E-state index contributed by atoms with van der Waals surface area (Å²) in [6, 6.07) is 5.64. The van der Waals surface area contributed by atoms with Crippen LogP contribution in [0.25, 0.3) is 22.2 Å². The second-order valence-corrected chi connectivity index (χ2v) is 7.94. The number of H-pyrrole nitrogens is 1. The predicted molar refractivity (Wildman–Crippen MR) is 116 cm³/mol. The Balaban J connectivity index is 1.78. The molecule has 0 atom stereocenters. The molecule has 0 aliphatic carbocycles. The number of hydrogen-bond acceptors (Lipinski definition) is 6. The maximum atomic E-state index is 10.5. The van der Waals surface area contributed by atoms with Gasteiger partial charge in [0, 0.05) is 35.6 Å². The highest BCUT2D eigenvalue weighted by Crippen LogP contribution is 2.32. The molecule has 8 nitrogen and oxygen atoms in total. The maximum Gasteiger partial charge on any atom is 0.198 e. The van der Waals surface area contributed by atoms with Crippen molar-refractivity contribution in [1.29, 1.82) is 0 Å². The standard InChI is InChI=1S/C22H24N6O2/c1-13-5-7-23-10-16(13)17-9-15-18(11-24-17)26-21(30)20(15)14(2)25-19-6-8-28(27-19)22(3,4)12-29/h5-11,26,29-30H,12H2,1-4H3. The van der Waals surface area contributed by atoms with Crippen LogP contribution in [0.5, 0.6) is 5.88 Å². The highest BCUT2D eigenvalue weighted by atomic mass is 16.3. The van der Waals surface area contributed by atoms with Gasteiger partial charge in [0.15, 0.2) is 11.7 Å². The topological polar surface area (TPSA) is 112 Å². The van der Waals surface area contributed by atoms with Gasteiger partial charge in [0.1, 0.15) is 0 Å². The van der Waals surface area contributed by atoms with Crippen molar-refractivity contribution in [2.75, 3.05) is 6.61 Å². The van der Waals surface area contributed by atoms with E-state index < -0.39 is 5.54 Å². The summed E-state index contributed by atoms with van der Waals surface area (Å²) in [6.07, 6.45) is 7.02. The smallest absolute Gasteiger partial charge is 0.198 e. The molecule has 0 fully saturated rings. The molecule has 4 aromatic rings. The SMILES string of the molecule is CC(=Nc1ccn(C(C)(C)CO)n1)c1c(O)[nH]c2cnc(-c3cnccc3C)cc12. The third kappa shape index (κ3) is 3.46. The molecule has 0 aliphatic heterocycles. The van der Waals surface area contributed by atoms with E-state index in [-0.39, 0.29) is 12.5 Å². The van der Waals surface area contributed by atoms with Gasteiger partial charge in [0.05, 0.1) is 40.8 Å². The van der Waals surface area contributed by atoms with E-state index in [1.165, 1.54) is 0 Å². The largest absolute Gasteiger partial charge is 0.494 e. The number of aromatic nitrogens is 5. The van der Waals surface area contributed by atoms with Crippen molar-refractivity contribution in [3.8, 4) is 17.1 Å². The first kappa shape index (κ1) is 19.8. The first-order valence-corrected chi connectivity index (χ1v) is 9.64. The molecule has 4 heterocycles. The van der Waals surface area contributed by atoms with Gasteiger partial charge in [-0.05, 0) is 45.4 Å². The van der Waals surface area contributed by atoms with Gasteiger partial charge in [0.2, 0.25) is 0 Å². The lowest BCUT2D eigenvalue weighted by molar-refractivity contribution is 0.152. The van der Waals surface area contributed by atoms with Crippen LogP contribution in [0.1, 0.15) is 31.9 Å². The van der Waals surface area contributed by atoms with E-state index in [2.05, 4.69) is 25.0 Å². The molecule has 30 heavy (non-hydrogen) atoms. The van der Waals surface area contributed by atoms with Crippen molar-refractivity contribution < 1.29 is 10.2 Å². The molecule has 0 spiro atoms. The van der Waals surface area contributed by atoms with E-state index in [0.29, 0.717) is 22.6 Å². The highest BCUT2D eigenvalue weighted by molar-refractivity contribution is 6.13. The number of fused-ring (bicyclic) bond motifs is 1. The van der Waals surface area contributed by atoms with Crippen LogP contribution in [0.15, 0.2) is 48.0 Å². The van der Waals surface area contributed by atoms with E-state index in [1.807, 2.05) is 39.8 Å². The van der Waals surface area contributed by atoms with Crippen LogP contribution in [-0.4, -0.2) is 47.3 Å². The quantitative estimate of drug-likeness (QED) is 0.439. The van der Waals surface area contributed by atoms with Gasteiger partial charge >= 0.3 is 0 Å². The minimum Gasteiger partial charge on any atom is -0.494 e. The van der Waals surface area contributed by atoms with Crippen LogP contribution in [-0.2, 0) is 5.54 Å². The van der Waals surface area contributed by atoms with Crippen molar-refractivity contribution in [2.24, 2.45) is 4.99 Å². The van der Waals surface area contributed by atoms with Gasteiger partial charge in [-0.15, -0.1) is 0 Å². The second kappa shape index (κ2) is 7.38. The summed E-state index contributed by atoms with van der Waals surface area (Å²) in [5, 5.41) is 25.3. The van der Waals surface area contributed by atoms with Crippen LogP contribution in [0.2, 0.25) is 0 Å². The molecule has 0 radical (unpaired) electrons. The monoisotopic (exact) mass is 404 g/mol. The van der Waals surface area contributed by atoms with E-state index >= 15 is 0 Å². The first-order chi connectivity index (χ1) is 14.3. The zero-order valence-electron chi connectivity index (χ0n) is 17.4. The van der Waals surface area contributed by atoms with Crippen molar-refractivity contribution in [3.63, 3.8) is 0 Å². The van der Waals surface area contributed by atoms with Crippen molar-refractivity contribution in [3.05, 3.63) is 54.1 Å². The normalized spacial score (nSPS) is 12.6. The van der Waals surface area contributed by atoms with E-state index in [0.717, 1.165) is 22.2 Å². The Labute approximate surface area is 174 Å². The maximum absolute atomic E-state index is 10.5. The molecule has 8 heteroatoms. The minimum atomic E-state index is -0.521. The summed E-state index contributed by atoms with van der Waals surface area (Å²) in [5.41, 5.74) is 4.19. The molecule has 0 saturated heterocycles. The van der Waals surface area contributed by atoms with E-state index in [9.17, 15) is 10.2 Å². The van der Waals surface area contributed by atoms with Crippen molar-refractivity contribution >= 4 is 22.4 Å². The molecule has 3 N–H and O–H groups in total. The van der Waals surface area contributed by atoms with Crippen LogP contribution >= 0.6 is 0 Å². The van der Waals surface area contributed by atoms with Gasteiger partial charge in [-0.25, -0.2) is 4.99 Å². The van der Waals surface area contributed by atoms with Crippen LogP contribution in [0.4, 0.5) is 5.82 Å². The van der Waals surface area contributed by atoms with E-state index in [4.69, 9.17) is 0 Å². The average molecular weight is 404 g/mol. The van der Waals surface area contributed by atoms with Gasteiger partial charge in [-0.3, -0.25) is 14.6 Å². The molecule has 0 aromatic carbocycles. The van der Waals surface area contributed by atoms with Crippen LogP contribution < -0.4 is 0 Å². The molecular weight excluding hydrogens is 380 g/mol. The fourth-order valence-corrected chi connectivity index (χ4v) is 3.34. The number of hydrogen-bond donors (Lipinski definition) is 3. The lowest BCUT2D eigenvalue weighted by atomic mass is 10.0. The number of aliphatic hydroxyl groups is 1. The molecule has 4 rings (SSSR count). The Morgan fingerprint density at radius 1 is 1.27 bits per heavy atom. The molecule has 154 valence electrons. The Morgan fingerprint density at radius 3 is 2.80 bits per heavy atom. The Morgan fingerprint density at radius 2 is 2.07 bits per heavy atom. The molecule has 0 amide bonds. The van der Waals surface area contributed by atoms with Crippen molar-refractivity contribution in [2.45, 2.75) is 33.2 Å². The van der Waals surface area contributed by atoms with Gasteiger partial charge in [0.25, 0.3) is 0 Å². The molecule has 4 aromatic heterocycles. The number of aromatic amines is 1. The summed E-state index contributed by atoms with van der Waals surface area (Å²) >= 11 is 0. The number of nitrogens with zero attached hydrogens (tertiary/aromatic N) is 5. The van der Waals surface area contributed by atoms with Gasteiger partial charge < -0.3 is 15.2 Å². The van der Waals surface area contributed by atoms with E-state index in [1.54, 1.807) is 35.5 Å². The summed E-state index contributed by atoms with van der Waals surface area (Å²) < 4.78 is 1.68. The Bertz CT molecular complexity index is 1250. The number of pyridine rings is 2. The lowest BCUT2D eigenvalue weighted by Gasteiger charge is -2.21. The molecule has 0 bridgehead atoms. The molecule has 0 aliphatic rings. The summed E-state index contributed by atoms with van der Waals surface area (Å²) in [6.45, 7) is 7.58. The van der Waals surface area contributed by atoms with Crippen molar-refractivity contribution in [1.82, 2.24) is 24.7 Å². The number of aliphatic hydroxyl groups excluding tert-OH is 1. The third-order valence-corrected chi connectivity index (χ3v) is 5.20. The Kier molecular flexibility index (Phi) is 4.87. The minimum absolute atomic E-state index is 0.0308. The van der Waals surface area contributed by atoms with Gasteiger partial charge in [-0.1, -0.05) is 0 Å². The number of rotatable bonds is 5. The van der Waals surface area contributed by atoms with Crippen LogP contribution in [0.3, 0.4) is 0 Å². The average Bonchev–Trinajstić information content (AvgIpc) is 3.31. The number of aliphatic imine (C=N–C) groups is 1. The first-order valence-electron chi connectivity index (χ1n) is 9.64. The number of nitrogens with one attached hydrogen (secondary N) is 1. The molecule has 0 unspecified atom stereocenters. The summed E-state index contributed by atoms with van der Waals surface area (Å²) in [4.78, 5) is 16.3. The summed E-state index contributed by atoms with van der Waals surface area (Å²) in [7, 11) is 0. The highest BCUT2D eigenvalue weighted by Gasteiger charge is 2.20. The zero-order valence-corrected chi connectivity index (χ0v) is 17.4. The Hall–Kier alpha value is -3.52. The van der Waals surface area contributed by atoms with Gasteiger partial charge in [-0.2, -0.15) is 5.10 Å². The number of aryl methyl sites for hydroxylation is 1. The summed E-state index contributed by atoms with van der Waals surface area (Å²) in [5.74, 6) is 0.531. The fourth-order valence-electron chi connectivity index (χ4n) is 3.34. The lowest BCUT2D eigenvalue weighted by Crippen LogP contribution is -2.30. The van der Waals surface area contributed by atoms with Crippen LogP contribution in [0, 0.1) is 6.92 Å². The number of aromatic hydroxyl groups is 1. The third-order valence-electron chi connectivity index (χ3n) is 5.20. The molecule has 0 saturated carbocycles. The second-order valence-electron chi connectivity index (χ2n) is 7.94.